The number of methoxy groups -OCH3 is 1. The second-order valence-corrected chi connectivity index (χ2v) is 6.69. The number of ether oxygens (including phenoxy) is 2. The predicted octanol–water partition coefficient (Wildman–Crippen LogP) is 4.25. The summed E-state index contributed by atoms with van der Waals surface area (Å²) >= 11 is 0. The summed E-state index contributed by atoms with van der Waals surface area (Å²) in [6.07, 6.45) is 1.50. The van der Waals surface area contributed by atoms with Crippen molar-refractivity contribution in [3.8, 4) is 11.5 Å². The van der Waals surface area contributed by atoms with E-state index in [0.29, 0.717) is 22.6 Å². The minimum atomic E-state index is -0.450. The number of nitrogens with one attached hydrogen (secondary N) is 1. The minimum Gasteiger partial charge on any atom is -0.493 e. The Labute approximate surface area is 179 Å². The van der Waals surface area contributed by atoms with Gasteiger partial charge in [0.2, 0.25) is 0 Å². The van der Waals surface area contributed by atoms with Crippen LogP contribution in [0, 0.1) is 17.0 Å². The summed E-state index contributed by atoms with van der Waals surface area (Å²) in [5.74, 6) is 0.705. The number of non-ortho nitro benzene ring substituents is 1. The Kier molecular flexibility index (Phi) is 6.95. The van der Waals surface area contributed by atoms with E-state index in [4.69, 9.17) is 9.47 Å². The van der Waals surface area contributed by atoms with Gasteiger partial charge in [0, 0.05) is 17.7 Å². The Morgan fingerprint density at radius 3 is 2.42 bits per heavy atom. The summed E-state index contributed by atoms with van der Waals surface area (Å²) in [4.78, 5) is 22.4. The number of carbonyl (C=O) groups is 1. The number of hydrazone groups is 1. The van der Waals surface area contributed by atoms with Gasteiger partial charge in [-0.25, -0.2) is 5.43 Å². The van der Waals surface area contributed by atoms with Crippen molar-refractivity contribution in [2.45, 2.75) is 13.5 Å². The lowest BCUT2D eigenvalue weighted by Crippen LogP contribution is -2.17. The zero-order chi connectivity index (χ0) is 22.2. The van der Waals surface area contributed by atoms with Crippen LogP contribution in [-0.4, -0.2) is 24.2 Å². The molecule has 0 fully saturated rings. The van der Waals surface area contributed by atoms with E-state index in [9.17, 15) is 14.9 Å². The molecule has 0 atom stereocenters. The van der Waals surface area contributed by atoms with E-state index in [1.807, 2.05) is 19.1 Å². The molecule has 0 saturated heterocycles. The number of hydrogen-bond acceptors (Lipinski definition) is 6. The number of carbonyl (C=O) groups excluding carboxylic acids is 1. The Bertz CT molecular complexity index is 1090. The van der Waals surface area contributed by atoms with E-state index in [-0.39, 0.29) is 18.2 Å². The van der Waals surface area contributed by atoms with E-state index >= 15 is 0 Å². The number of amides is 1. The van der Waals surface area contributed by atoms with E-state index < -0.39 is 4.92 Å². The monoisotopic (exact) mass is 419 g/mol. The molecule has 0 aromatic heterocycles. The van der Waals surface area contributed by atoms with Crippen LogP contribution in [0.25, 0.3) is 0 Å². The van der Waals surface area contributed by atoms with E-state index in [1.54, 1.807) is 42.5 Å². The largest absolute Gasteiger partial charge is 0.493 e. The van der Waals surface area contributed by atoms with Crippen molar-refractivity contribution in [3.63, 3.8) is 0 Å². The topological polar surface area (TPSA) is 103 Å². The van der Waals surface area contributed by atoms with Crippen LogP contribution >= 0.6 is 0 Å². The van der Waals surface area contributed by atoms with Crippen LogP contribution in [0.2, 0.25) is 0 Å². The van der Waals surface area contributed by atoms with Crippen molar-refractivity contribution in [2.24, 2.45) is 5.10 Å². The van der Waals surface area contributed by atoms with Crippen LogP contribution in [0.15, 0.2) is 71.8 Å². The van der Waals surface area contributed by atoms with Gasteiger partial charge in [-0.1, -0.05) is 17.7 Å². The number of rotatable bonds is 8. The molecule has 3 aromatic carbocycles. The van der Waals surface area contributed by atoms with Gasteiger partial charge in [-0.15, -0.1) is 0 Å². The van der Waals surface area contributed by atoms with Gasteiger partial charge in [-0.05, 0) is 60.5 Å². The molecule has 0 aliphatic rings. The number of hydrogen-bond donors (Lipinski definition) is 1. The average Bonchev–Trinajstić information content (AvgIpc) is 2.78. The molecule has 8 heteroatoms. The van der Waals surface area contributed by atoms with Crippen molar-refractivity contribution in [1.82, 2.24) is 5.43 Å². The summed E-state index contributed by atoms with van der Waals surface area (Å²) in [5.41, 5.74) is 5.57. The molecule has 0 radical (unpaired) electrons. The predicted molar refractivity (Wildman–Crippen MR) is 117 cm³/mol. The van der Waals surface area contributed by atoms with Crippen LogP contribution in [0.4, 0.5) is 5.69 Å². The first kappa shape index (κ1) is 21.5. The third kappa shape index (κ3) is 5.89. The van der Waals surface area contributed by atoms with Gasteiger partial charge in [0.15, 0.2) is 11.5 Å². The third-order valence-electron chi connectivity index (χ3n) is 4.42. The molecule has 3 aromatic rings. The molecule has 3 rings (SSSR count). The zero-order valence-electron chi connectivity index (χ0n) is 17.1. The summed E-state index contributed by atoms with van der Waals surface area (Å²) < 4.78 is 11.1. The molecule has 8 nitrogen and oxygen atoms in total. The van der Waals surface area contributed by atoms with E-state index in [2.05, 4.69) is 10.5 Å². The highest BCUT2D eigenvalue weighted by Crippen LogP contribution is 2.28. The summed E-state index contributed by atoms with van der Waals surface area (Å²) in [6.45, 7) is 2.16. The molecule has 31 heavy (non-hydrogen) atoms. The van der Waals surface area contributed by atoms with Crippen molar-refractivity contribution < 1.29 is 19.2 Å². The number of nitro groups is 1. The van der Waals surface area contributed by atoms with Crippen LogP contribution in [0.5, 0.6) is 11.5 Å². The molecule has 0 aliphatic carbocycles. The molecule has 0 unspecified atom stereocenters. The maximum Gasteiger partial charge on any atom is 0.271 e. The molecule has 158 valence electrons. The Morgan fingerprint density at radius 1 is 1.06 bits per heavy atom. The van der Waals surface area contributed by atoms with Gasteiger partial charge in [0.05, 0.1) is 18.2 Å². The normalized spacial score (nSPS) is 10.6. The lowest BCUT2D eigenvalue weighted by atomic mass is 10.1. The molecule has 0 aliphatic heterocycles. The first-order chi connectivity index (χ1) is 15.0. The second kappa shape index (κ2) is 10.0. The highest BCUT2D eigenvalue weighted by Gasteiger charge is 2.08. The molecule has 0 saturated carbocycles. The Balaban J connectivity index is 1.65. The van der Waals surface area contributed by atoms with Gasteiger partial charge >= 0.3 is 0 Å². The highest BCUT2D eigenvalue weighted by atomic mass is 16.6. The van der Waals surface area contributed by atoms with E-state index in [1.165, 1.54) is 25.5 Å². The van der Waals surface area contributed by atoms with Crippen LogP contribution in [0.1, 0.15) is 27.0 Å². The maximum absolute atomic E-state index is 12.1. The van der Waals surface area contributed by atoms with Gasteiger partial charge in [0.25, 0.3) is 11.6 Å². The minimum absolute atomic E-state index is 0.0206. The van der Waals surface area contributed by atoms with Gasteiger partial charge in [-0.2, -0.15) is 5.10 Å². The van der Waals surface area contributed by atoms with Gasteiger partial charge < -0.3 is 9.47 Å². The van der Waals surface area contributed by atoms with Gasteiger partial charge in [0.1, 0.15) is 6.61 Å². The zero-order valence-corrected chi connectivity index (χ0v) is 17.1. The summed E-state index contributed by atoms with van der Waals surface area (Å²) in [6, 6.07) is 18.5. The molecular weight excluding hydrogens is 398 g/mol. The van der Waals surface area contributed by atoms with Crippen molar-refractivity contribution in [3.05, 3.63) is 99.1 Å². The average molecular weight is 419 g/mol. The fourth-order valence-corrected chi connectivity index (χ4v) is 2.70. The van der Waals surface area contributed by atoms with Crippen molar-refractivity contribution in [1.29, 1.82) is 0 Å². The summed E-state index contributed by atoms with van der Waals surface area (Å²) in [7, 11) is 1.53. The Hall–Kier alpha value is -4.20. The molecular formula is C23H21N3O5. The smallest absolute Gasteiger partial charge is 0.271 e. The first-order valence-corrected chi connectivity index (χ1v) is 9.40. The SMILES string of the molecule is COc1ccc(/C=N\NC(=O)c2ccc(C)cc2)cc1OCc1ccc([N+](=O)[O-])cc1. The lowest BCUT2D eigenvalue weighted by Gasteiger charge is -2.11. The molecule has 1 amide bonds. The van der Waals surface area contributed by atoms with Crippen LogP contribution in [-0.2, 0) is 6.61 Å². The van der Waals surface area contributed by atoms with Crippen molar-refractivity contribution >= 4 is 17.8 Å². The molecule has 0 heterocycles. The number of nitrogens with zero attached hydrogens (tertiary/aromatic N) is 2. The number of benzene rings is 3. The van der Waals surface area contributed by atoms with E-state index in [0.717, 1.165) is 11.1 Å². The third-order valence-corrected chi connectivity index (χ3v) is 4.42. The lowest BCUT2D eigenvalue weighted by molar-refractivity contribution is -0.384. The van der Waals surface area contributed by atoms with Crippen LogP contribution < -0.4 is 14.9 Å². The quantitative estimate of drug-likeness (QED) is 0.334. The van der Waals surface area contributed by atoms with Gasteiger partial charge in [-0.3, -0.25) is 14.9 Å². The maximum atomic E-state index is 12.1. The highest BCUT2D eigenvalue weighted by molar-refractivity contribution is 5.94. The standard InChI is InChI=1S/C23H21N3O5/c1-16-3-8-19(9-4-16)23(27)25-24-14-18-7-12-21(30-2)22(13-18)31-15-17-5-10-20(11-6-17)26(28)29/h3-14H,15H2,1-2H3,(H,25,27)/b24-14-. The molecule has 0 bridgehead atoms. The number of aryl methyl sites for hydroxylation is 1. The second-order valence-electron chi connectivity index (χ2n) is 6.69. The summed E-state index contributed by atoms with van der Waals surface area (Å²) in [5, 5.41) is 14.8. The fraction of sp³-hybridized carbons (Fsp3) is 0.130. The molecule has 0 spiro atoms. The number of nitro benzene ring substituents is 1. The first-order valence-electron chi connectivity index (χ1n) is 9.40. The fourth-order valence-electron chi connectivity index (χ4n) is 2.70. The molecule has 1 N–H and O–H groups in total. The Morgan fingerprint density at radius 2 is 1.77 bits per heavy atom. The van der Waals surface area contributed by atoms with Crippen molar-refractivity contribution in [2.75, 3.05) is 7.11 Å². The van der Waals surface area contributed by atoms with Crippen LogP contribution in [0.3, 0.4) is 0 Å².